The van der Waals surface area contributed by atoms with Gasteiger partial charge < -0.3 is 5.73 Å². The third-order valence-corrected chi connectivity index (χ3v) is 4.04. The van der Waals surface area contributed by atoms with E-state index < -0.39 is 6.03 Å². The van der Waals surface area contributed by atoms with Crippen LogP contribution in [-0.2, 0) is 0 Å². The molecule has 2 amide bonds. The summed E-state index contributed by atoms with van der Waals surface area (Å²) in [5, 5.41) is 4.11. The fourth-order valence-corrected chi connectivity index (χ4v) is 2.82. The van der Waals surface area contributed by atoms with Crippen LogP contribution in [0.15, 0.2) is 5.10 Å². The highest BCUT2D eigenvalue weighted by Crippen LogP contribution is 2.22. The molecule has 0 unspecified atom stereocenters. The maximum absolute atomic E-state index is 10.7. The van der Waals surface area contributed by atoms with Crippen LogP contribution in [0.4, 0.5) is 4.79 Å². The number of amides is 2. The summed E-state index contributed by atoms with van der Waals surface area (Å²) in [4.78, 5) is 10.7. The minimum atomic E-state index is -0.576. The fourth-order valence-electron chi connectivity index (χ4n) is 2.82. The second-order valence-corrected chi connectivity index (χ2v) is 5.69. The van der Waals surface area contributed by atoms with Crippen LogP contribution in [0.1, 0.15) is 77.6 Å². The molecule has 0 aromatic heterocycles. The minimum Gasteiger partial charge on any atom is -0.350 e. The van der Waals surface area contributed by atoms with Crippen molar-refractivity contribution in [1.82, 2.24) is 5.43 Å². The van der Waals surface area contributed by atoms with Gasteiger partial charge in [0.2, 0.25) is 0 Å². The second-order valence-electron chi connectivity index (χ2n) is 5.69. The smallest absolute Gasteiger partial charge is 0.332 e. The molecule has 0 bridgehead atoms. The summed E-state index contributed by atoms with van der Waals surface area (Å²) in [5.41, 5.74) is 8.43. The molecular weight excluding hydrogens is 238 g/mol. The van der Waals surface area contributed by atoms with E-state index in [1.807, 2.05) is 6.92 Å². The van der Waals surface area contributed by atoms with Gasteiger partial charge in [-0.1, -0.05) is 57.8 Å². The summed E-state index contributed by atoms with van der Waals surface area (Å²) in [5.74, 6) is 0.506. The molecule has 1 saturated carbocycles. The van der Waals surface area contributed by atoms with Crippen LogP contribution >= 0.6 is 0 Å². The molecule has 0 aromatic rings. The number of nitrogens with two attached hydrogens (primary N) is 1. The van der Waals surface area contributed by atoms with Crippen molar-refractivity contribution in [1.29, 1.82) is 0 Å². The fraction of sp³-hybridized carbons (Fsp3) is 0.867. The van der Waals surface area contributed by atoms with Crippen LogP contribution in [0.2, 0.25) is 0 Å². The molecule has 0 spiro atoms. The summed E-state index contributed by atoms with van der Waals surface area (Å²) < 4.78 is 0. The van der Waals surface area contributed by atoms with Crippen LogP contribution in [0.5, 0.6) is 0 Å². The summed E-state index contributed by atoms with van der Waals surface area (Å²) in [6.07, 6.45) is 14.5. The minimum absolute atomic E-state index is 0.506. The number of nitrogens with one attached hydrogen (secondary N) is 1. The quantitative estimate of drug-likeness (QED) is 0.577. The van der Waals surface area contributed by atoms with Gasteiger partial charge in [-0.25, -0.2) is 10.2 Å². The molecule has 0 aromatic carbocycles. The Hall–Kier alpha value is -1.06. The van der Waals surface area contributed by atoms with Crippen molar-refractivity contribution in [3.63, 3.8) is 0 Å². The van der Waals surface area contributed by atoms with E-state index in [-0.39, 0.29) is 0 Å². The third-order valence-electron chi connectivity index (χ3n) is 4.04. The average Bonchev–Trinajstić information content (AvgIpc) is 2.36. The maximum Gasteiger partial charge on any atom is 0.332 e. The van der Waals surface area contributed by atoms with Gasteiger partial charge in [-0.15, -0.1) is 0 Å². The first kappa shape index (κ1) is 16.0. The molecule has 1 fully saturated rings. The van der Waals surface area contributed by atoms with Gasteiger partial charge in [0.25, 0.3) is 0 Å². The molecule has 1 aliphatic rings. The molecule has 4 heteroatoms. The number of urea groups is 1. The van der Waals surface area contributed by atoms with Gasteiger partial charge in [-0.3, -0.25) is 0 Å². The van der Waals surface area contributed by atoms with Gasteiger partial charge in [0.05, 0.1) is 0 Å². The molecule has 110 valence electrons. The molecule has 0 saturated heterocycles. The molecule has 3 N–H and O–H groups in total. The van der Waals surface area contributed by atoms with Gasteiger partial charge >= 0.3 is 6.03 Å². The van der Waals surface area contributed by atoms with Gasteiger partial charge in [-0.05, 0) is 25.7 Å². The highest BCUT2D eigenvalue weighted by atomic mass is 16.2. The van der Waals surface area contributed by atoms with Gasteiger partial charge in [-0.2, -0.15) is 5.10 Å². The van der Waals surface area contributed by atoms with E-state index >= 15 is 0 Å². The number of hydrogen-bond donors (Lipinski definition) is 2. The lowest BCUT2D eigenvalue weighted by atomic mass is 9.90. The molecule has 1 aliphatic carbocycles. The lowest BCUT2D eigenvalue weighted by Gasteiger charge is -2.17. The number of rotatable bonds is 2. The van der Waals surface area contributed by atoms with Gasteiger partial charge in [0.1, 0.15) is 0 Å². The SMILES string of the molecule is CC(=NNC(N)=O)C1CCCCCCCCCCC1. The van der Waals surface area contributed by atoms with Crippen LogP contribution < -0.4 is 11.2 Å². The molecule has 0 heterocycles. The zero-order valence-corrected chi connectivity index (χ0v) is 12.3. The van der Waals surface area contributed by atoms with Crippen LogP contribution in [0, 0.1) is 5.92 Å². The molecule has 0 aliphatic heterocycles. The highest BCUT2D eigenvalue weighted by molar-refractivity contribution is 5.85. The third kappa shape index (κ3) is 7.85. The van der Waals surface area contributed by atoms with Gasteiger partial charge in [0, 0.05) is 5.71 Å². The lowest BCUT2D eigenvalue weighted by molar-refractivity contribution is 0.249. The van der Waals surface area contributed by atoms with Gasteiger partial charge in [0.15, 0.2) is 0 Å². The second kappa shape index (κ2) is 9.82. The number of carbonyl (C=O) groups excluding carboxylic acids is 1. The van der Waals surface area contributed by atoms with Crippen molar-refractivity contribution in [2.75, 3.05) is 0 Å². The topological polar surface area (TPSA) is 67.5 Å². The van der Waals surface area contributed by atoms with E-state index in [2.05, 4.69) is 10.5 Å². The summed E-state index contributed by atoms with van der Waals surface area (Å²) in [7, 11) is 0. The number of hydrazone groups is 1. The predicted octanol–water partition coefficient (Wildman–Crippen LogP) is 3.95. The molecule has 19 heavy (non-hydrogen) atoms. The van der Waals surface area contributed by atoms with Crippen LogP contribution in [-0.4, -0.2) is 11.7 Å². The van der Waals surface area contributed by atoms with Crippen LogP contribution in [0.25, 0.3) is 0 Å². The highest BCUT2D eigenvalue weighted by Gasteiger charge is 2.13. The Labute approximate surface area is 117 Å². The first-order chi connectivity index (χ1) is 9.20. The monoisotopic (exact) mass is 267 g/mol. The summed E-state index contributed by atoms with van der Waals surface area (Å²) in [6, 6.07) is -0.576. The molecular formula is C15H29N3O. The average molecular weight is 267 g/mol. The van der Waals surface area contributed by atoms with Crippen molar-refractivity contribution < 1.29 is 4.79 Å². The van der Waals surface area contributed by atoms with Crippen molar-refractivity contribution in [2.24, 2.45) is 16.8 Å². The summed E-state index contributed by atoms with van der Waals surface area (Å²) >= 11 is 0. The zero-order chi connectivity index (χ0) is 13.9. The molecule has 0 atom stereocenters. The van der Waals surface area contributed by atoms with E-state index in [0.717, 1.165) is 5.71 Å². The number of primary amides is 1. The molecule has 4 nitrogen and oxygen atoms in total. The van der Waals surface area contributed by atoms with Crippen LogP contribution in [0.3, 0.4) is 0 Å². The van der Waals surface area contributed by atoms with E-state index in [9.17, 15) is 4.79 Å². The molecule has 0 radical (unpaired) electrons. The van der Waals surface area contributed by atoms with Crippen molar-refractivity contribution in [3.8, 4) is 0 Å². The Morgan fingerprint density at radius 3 is 1.79 bits per heavy atom. The summed E-state index contributed by atoms with van der Waals surface area (Å²) in [6.45, 7) is 2.01. The van der Waals surface area contributed by atoms with Crippen molar-refractivity contribution in [2.45, 2.75) is 77.6 Å². The maximum atomic E-state index is 10.7. The number of carbonyl (C=O) groups is 1. The Balaban J connectivity index is 2.45. The Bertz CT molecular complexity index is 277. The van der Waals surface area contributed by atoms with Crippen molar-refractivity contribution in [3.05, 3.63) is 0 Å². The normalized spacial score (nSPS) is 21.2. The Kier molecular flexibility index (Phi) is 8.26. The first-order valence-corrected chi connectivity index (χ1v) is 7.80. The largest absolute Gasteiger partial charge is 0.350 e. The predicted molar refractivity (Wildman–Crippen MR) is 80.1 cm³/mol. The van der Waals surface area contributed by atoms with Crippen molar-refractivity contribution >= 4 is 11.7 Å². The zero-order valence-electron chi connectivity index (χ0n) is 12.3. The van der Waals surface area contributed by atoms with E-state index in [1.54, 1.807) is 0 Å². The number of nitrogens with zero attached hydrogens (tertiary/aromatic N) is 1. The lowest BCUT2D eigenvalue weighted by Crippen LogP contribution is -2.27. The van der Waals surface area contributed by atoms with E-state index in [1.165, 1.54) is 70.6 Å². The Morgan fingerprint density at radius 1 is 0.947 bits per heavy atom. The molecule has 1 rings (SSSR count). The number of hydrogen-bond acceptors (Lipinski definition) is 2. The standard InChI is InChI=1S/C15H29N3O/c1-13(17-18-15(16)19)14-11-9-7-5-3-2-4-6-8-10-12-14/h14H,2-12H2,1H3,(H3,16,18,19). The first-order valence-electron chi connectivity index (χ1n) is 7.80. The van der Waals surface area contributed by atoms with E-state index in [0.29, 0.717) is 5.92 Å². The Morgan fingerprint density at radius 2 is 1.37 bits per heavy atom. The van der Waals surface area contributed by atoms with E-state index in [4.69, 9.17) is 5.73 Å².